The molecule has 0 aliphatic heterocycles. The lowest BCUT2D eigenvalue weighted by Gasteiger charge is -2.06. The molecule has 0 spiro atoms. The molecule has 20 heavy (non-hydrogen) atoms. The number of benzene rings is 1. The molecule has 0 radical (unpaired) electrons. The van der Waals surface area contributed by atoms with E-state index in [4.69, 9.17) is 11.6 Å². The van der Waals surface area contributed by atoms with Crippen LogP contribution in [0.3, 0.4) is 0 Å². The number of anilines is 1. The first-order chi connectivity index (χ1) is 9.69. The summed E-state index contributed by atoms with van der Waals surface area (Å²) >= 11 is 6.04. The van der Waals surface area contributed by atoms with Crippen molar-refractivity contribution in [1.82, 2.24) is 19.7 Å². The maximum absolute atomic E-state index is 6.04. The topological polar surface area (TPSA) is 55.6 Å². The van der Waals surface area contributed by atoms with Gasteiger partial charge in [-0.2, -0.15) is 5.10 Å². The maximum atomic E-state index is 6.04. The SMILES string of the molecule is CCNc1nc(C)nc2c1cnn2-c1cccc(Cl)c1. The molecule has 3 aromatic rings. The third-order valence-electron chi connectivity index (χ3n) is 2.94. The third-order valence-corrected chi connectivity index (χ3v) is 3.17. The van der Waals surface area contributed by atoms with Crippen molar-refractivity contribution >= 4 is 28.5 Å². The zero-order valence-corrected chi connectivity index (χ0v) is 12.0. The first kappa shape index (κ1) is 12.9. The summed E-state index contributed by atoms with van der Waals surface area (Å²) in [5.41, 5.74) is 1.66. The van der Waals surface area contributed by atoms with Crippen LogP contribution in [-0.4, -0.2) is 26.3 Å². The van der Waals surface area contributed by atoms with Crippen molar-refractivity contribution in [3.63, 3.8) is 0 Å². The molecule has 1 aromatic carbocycles. The molecule has 0 aliphatic rings. The molecule has 0 bridgehead atoms. The van der Waals surface area contributed by atoms with E-state index in [1.807, 2.05) is 38.1 Å². The van der Waals surface area contributed by atoms with Crippen LogP contribution >= 0.6 is 11.6 Å². The number of hydrogen-bond donors (Lipinski definition) is 1. The Morgan fingerprint density at radius 1 is 1.30 bits per heavy atom. The van der Waals surface area contributed by atoms with Gasteiger partial charge < -0.3 is 5.32 Å². The molecule has 0 unspecified atom stereocenters. The van der Waals surface area contributed by atoms with Crippen LogP contribution in [0.25, 0.3) is 16.7 Å². The second-order valence-electron chi connectivity index (χ2n) is 4.42. The van der Waals surface area contributed by atoms with E-state index in [0.29, 0.717) is 10.8 Å². The van der Waals surface area contributed by atoms with Crippen LogP contribution in [0.1, 0.15) is 12.7 Å². The van der Waals surface area contributed by atoms with Gasteiger partial charge in [0.2, 0.25) is 0 Å². The van der Waals surface area contributed by atoms with Gasteiger partial charge in [0.1, 0.15) is 11.6 Å². The van der Waals surface area contributed by atoms with Gasteiger partial charge in [0.15, 0.2) is 5.65 Å². The predicted molar refractivity (Wildman–Crippen MR) is 80.6 cm³/mol. The Hall–Kier alpha value is -2.14. The Morgan fingerprint density at radius 3 is 2.90 bits per heavy atom. The monoisotopic (exact) mass is 287 g/mol. The number of aromatic nitrogens is 4. The number of aryl methyl sites for hydroxylation is 1. The average molecular weight is 288 g/mol. The molecule has 102 valence electrons. The minimum atomic E-state index is 0.670. The van der Waals surface area contributed by atoms with Crippen LogP contribution in [0.5, 0.6) is 0 Å². The van der Waals surface area contributed by atoms with Gasteiger partial charge in [-0.25, -0.2) is 14.6 Å². The molecule has 1 N–H and O–H groups in total. The first-order valence-electron chi connectivity index (χ1n) is 6.41. The molecule has 5 nitrogen and oxygen atoms in total. The third kappa shape index (κ3) is 2.20. The smallest absolute Gasteiger partial charge is 0.168 e. The van der Waals surface area contributed by atoms with Gasteiger partial charge in [-0.1, -0.05) is 17.7 Å². The highest BCUT2D eigenvalue weighted by molar-refractivity contribution is 6.30. The summed E-state index contributed by atoms with van der Waals surface area (Å²) in [6.07, 6.45) is 1.77. The van der Waals surface area contributed by atoms with E-state index in [-0.39, 0.29) is 0 Å². The van der Waals surface area contributed by atoms with Crippen molar-refractivity contribution < 1.29 is 0 Å². The number of rotatable bonds is 3. The molecular formula is C14H14ClN5. The molecule has 0 saturated carbocycles. The molecule has 0 amide bonds. The second-order valence-corrected chi connectivity index (χ2v) is 4.86. The molecule has 0 aliphatic carbocycles. The summed E-state index contributed by atoms with van der Waals surface area (Å²) in [6.45, 7) is 4.70. The van der Waals surface area contributed by atoms with E-state index < -0.39 is 0 Å². The van der Waals surface area contributed by atoms with Crippen molar-refractivity contribution in [2.24, 2.45) is 0 Å². The van der Waals surface area contributed by atoms with E-state index in [0.717, 1.165) is 29.1 Å². The summed E-state index contributed by atoms with van der Waals surface area (Å²) < 4.78 is 1.77. The summed E-state index contributed by atoms with van der Waals surface area (Å²) in [4.78, 5) is 8.90. The van der Waals surface area contributed by atoms with Gasteiger partial charge in [0.05, 0.1) is 17.3 Å². The van der Waals surface area contributed by atoms with Gasteiger partial charge in [0.25, 0.3) is 0 Å². The minimum Gasteiger partial charge on any atom is -0.370 e. The van der Waals surface area contributed by atoms with Crippen LogP contribution in [0, 0.1) is 6.92 Å². The van der Waals surface area contributed by atoms with Crippen molar-refractivity contribution in [3.8, 4) is 5.69 Å². The Bertz CT molecular complexity index is 765. The molecule has 2 heterocycles. The Morgan fingerprint density at radius 2 is 2.15 bits per heavy atom. The van der Waals surface area contributed by atoms with Gasteiger partial charge in [0, 0.05) is 11.6 Å². The first-order valence-corrected chi connectivity index (χ1v) is 6.79. The Labute approximate surface area is 121 Å². The highest BCUT2D eigenvalue weighted by Gasteiger charge is 2.12. The lowest BCUT2D eigenvalue weighted by atomic mass is 10.3. The number of nitrogens with one attached hydrogen (secondary N) is 1. The normalized spacial score (nSPS) is 10.9. The minimum absolute atomic E-state index is 0.670. The molecule has 3 rings (SSSR count). The van der Waals surface area contributed by atoms with Crippen LogP contribution in [-0.2, 0) is 0 Å². The molecule has 2 aromatic heterocycles. The van der Waals surface area contributed by atoms with E-state index in [1.165, 1.54) is 0 Å². The largest absolute Gasteiger partial charge is 0.370 e. The standard InChI is InChI=1S/C14H14ClN5/c1-3-16-13-12-8-17-20(14(12)19-9(2)18-13)11-6-4-5-10(15)7-11/h4-8H,3H2,1-2H3,(H,16,18,19). The maximum Gasteiger partial charge on any atom is 0.168 e. The number of halogens is 1. The molecule has 6 heteroatoms. The quantitative estimate of drug-likeness (QED) is 0.804. The van der Waals surface area contributed by atoms with Crippen LogP contribution in [0.2, 0.25) is 5.02 Å². The van der Waals surface area contributed by atoms with E-state index >= 15 is 0 Å². The second kappa shape index (κ2) is 5.09. The van der Waals surface area contributed by atoms with Crippen molar-refractivity contribution in [2.45, 2.75) is 13.8 Å². The lowest BCUT2D eigenvalue weighted by molar-refractivity contribution is 0.889. The highest BCUT2D eigenvalue weighted by Crippen LogP contribution is 2.23. The summed E-state index contributed by atoms with van der Waals surface area (Å²) in [5.74, 6) is 1.51. The van der Waals surface area contributed by atoms with E-state index in [2.05, 4.69) is 20.4 Å². The van der Waals surface area contributed by atoms with Crippen LogP contribution in [0.15, 0.2) is 30.5 Å². The fourth-order valence-electron chi connectivity index (χ4n) is 2.12. The number of fused-ring (bicyclic) bond motifs is 1. The lowest BCUT2D eigenvalue weighted by Crippen LogP contribution is -2.04. The highest BCUT2D eigenvalue weighted by atomic mass is 35.5. The predicted octanol–water partition coefficient (Wildman–Crippen LogP) is 3.21. The molecular weight excluding hydrogens is 274 g/mol. The molecule has 0 atom stereocenters. The van der Waals surface area contributed by atoms with Gasteiger partial charge in [-0.15, -0.1) is 0 Å². The number of hydrogen-bond acceptors (Lipinski definition) is 4. The van der Waals surface area contributed by atoms with Crippen LogP contribution in [0.4, 0.5) is 5.82 Å². The van der Waals surface area contributed by atoms with Gasteiger partial charge in [-0.3, -0.25) is 0 Å². The summed E-state index contributed by atoms with van der Waals surface area (Å²) in [6, 6.07) is 7.53. The average Bonchev–Trinajstić information content (AvgIpc) is 2.82. The van der Waals surface area contributed by atoms with E-state index in [1.54, 1.807) is 10.9 Å². The zero-order chi connectivity index (χ0) is 14.1. The molecule has 0 fully saturated rings. The van der Waals surface area contributed by atoms with Crippen molar-refractivity contribution in [2.75, 3.05) is 11.9 Å². The van der Waals surface area contributed by atoms with Crippen molar-refractivity contribution in [3.05, 3.63) is 41.3 Å². The number of nitrogens with zero attached hydrogens (tertiary/aromatic N) is 4. The summed E-state index contributed by atoms with van der Waals surface area (Å²) in [5, 5.41) is 9.21. The zero-order valence-electron chi connectivity index (χ0n) is 11.3. The summed E-state index contributed by atoms with van der Waals surface area (Å²) in [7, 11) is 0. The fourth-order valence-corrected chi connectivity index (χ4v) is 2.30. The van der Waals surface area contributed by atoms with Crippen LogP contribution < -0.4 is 5.32 Å². The fraction of sp³-hybridized carbons (Fsp3) is 0.214. The Kier molecular flexibility index (Phi) is 3.28. The Balaban J connectivity index is 2.23. The van der Waals surface area contributed by atoms with Gasteiger partial charge >= 0.3 is 0 Å². The van der Waals surface area contributed by atoms with Gasteiger partial charge in [-0.05, 0) is 32.0 Å². The molecule has 0 saturated heterocycles. The van der Waals surface area contributed by atoms with E-state index in [9.17, 15) is 0 Å². The van der Waals surface area contributed by atoms with Crippen molar-refractivity contribution in [1.29, 1.82) is 0 Å².